The Morgan fingerprint density at radius 2 is 1.85 bits per heavy atom. The molecule has 0 amide bonds. The van der Waals surface area contributed by atoms with Gasteiger partial charge in [0.15, 0.2) is 0 Å². The van der Waals surface area contributed by atoms with Gasteiger partial charge in [0.25, 0.3) is 0 Å². The summed E-state index contributed by atoms with van der Waals surface area (Å²) in [6.07, 6.45) is 2.35. The molecule has 0 bridgehead atoms. The summed E-state index contributed by atoms with van der Waals surface area (Å²) in [5, 5.41) is 4.06. The fraction of sp³-hybridized carbons (Fsp3) is 0.250. The van der Waals surface area contributed by atoms with Gasteiger partial charge in [0.05, 0.1) is 11.7 Å². The molecule has 104 valence electrons. The van der Waals surface area contributed by atoms with Gasteiger partial charge >= 0.3 is 0 Å². The van der Waals surface area contributed by atoms with E-state index in [-0.39, 0.29) is 11.9 Å². The zero-order chi connectivity index (χ0) is 14.1. The molecule has 0 aromatic heterocycles. The van der Waals surface area contributed by atoms with Crippen LogP contribution >= 0.6 is 27.5 Å². The van der Waals surface area contributed by atoms with E-state index in [1.54, 1.807) is 12.1 Å². The molecular weight excluding hydrogens is 341 g/mol. The van der Waals surface area contributed by atoms with E-state index in [2.05, 4.69) is 21.2 Å². The maximum absolute atomic E-state index is 13.9. The van der Waals surface area contributed by atoms with E-state index < -0.39 is 0 Å². The van der Waals surface area contributed by atoms with Crippen LogP contribution in [0.25, 0.3) is 0 Å². The Morgan fingerprint density at radius 1 is 1.15 bits per heavy atom. The summed E-state index contributed by atoms with van der Waals surface area (Å²) in [5.74, 6) is 0.336. The first kappa shape index (κ1) is 13.9. The number of nitrogens with one attached hydrogen (secondary N) is 1. The number of anilines is 1. The quantitative estimate of drug-likeness (QED) is 0.731. The third-order valence-corrected chi connectivity index (χ3v) is 4.31. The second kappa shape index (κ2) is 5.74. The summed E-state index contributed by atoms with van der Waals surface area (Å²) in [5.41, 5.74) is 1.68. The molecular formula is C16H14BrClFN. The molecule has 1 atom stereocenters. The molecule has 1 saturated carbocycles. The summed E-state index contributed by atoms with van der Waals surface area (Å²) in [4.78, 5) is 0. The summed E-state index contributed by atoms with van der Waals surface area (Å²) in [7, 11) is 0. The Labute approximate surface area is 131 Å². The third kappa shape index (κ3) is 3.15. The minimum absolute atomic E-state index is 0.135. The van der Waals surface area contributed by atoms with Crippen LogP contribution in [-0.4, -0.2) is 0 Å². The summed E-state index contributed by atoms with van der Waals surface area (Å²) in [6.45, 7) is 0. The van der Waals surface area contributed by atoms with Crippen molar-refractivity contribution in [1.82, 2.24) is 0 Å². The highest BCUT2D eigenvalue weighted by Gasteiger charge is 2.32. The molecule has 1 unspecified atom stereocenters. The highest BCUT2D eigenvalue weighted by atomic mass is 79.9. The van der Waals surface area contributed by atoms with Crippen molar-refractivity contribution in [3.8, 4) is 0 Å². The molecule has 4 heteroatoms. The lowest BCUT2D eigenvalue weighted by molar-refractivity contribution is 0.616. The van der Waals surface area contributed by atoms with Crippen LogP contribution in [0.4, 0.5) is 10.1 Å². The lowest BCUT2D eigenvalue weighted by Crippen LogP contribution is -2.13. The van der Waals surface area contributed by atoms with Gasteiger partial charge < -0.3 is 5.32 Å². The van der Waals surface area contributed by atoms with Gasteiger partial charge in [0.1, 0.15) is 5.82 Å². The van der Waals surface area contributed by atoms with Gasteiger partial charge in [0, 0.05) is 9.50 Å². The molecule has 2 aromatic carbocycles. The number of halogens is 3. The molecule has 1 aliphatic rings. The molecule has 3 rings (SSSR count). The van der Waals surface area contributed by atoms with Crippen molar-refractivity contribution in [1.29, 1.82) is 0 Å². The van der Waals surface area contributed by atoms with Crippen LogP contribution in [-0.2, 0) is 0 Å². The molecule has 1 N–H and O–H groups in total. The van der Waals surface area contributed by atoms with Gasteiger partial charge in [-0.3, -0.25) is 0 Å². The monoisotopic (exact) mass is 353 g/mol. The molecule has 0 aliphatic heterocycles. The van der Waals surface area contributed by atoms with Gasteiger partial charge in [-0.25, -0.2) is 4.39 Å². The van der Waals surface area contributed by atoms with E-state index in [9.17, 15) is 4.39 Å². The molecule has 2 aromatic rings. The summed E-state index contributed by atoms with van der Waals surface area (Å²) >= 11 is 9.31. The number of hydrogen-bond donors (Lipinski definition) is 1. The highest BCUT2D eigenvalue weighted by Crippen LogP contribution is 2.43. The standard InChI is InChI=1S/C16H14BrClFN/c17-12-5-8-14(19)15(9-12)20-16(10-1-2-10)11-3-6-13(18)7-4-11/h3-10,16,20H,1-2H2. The minimum Gasteiger partial charge on any atom is -0.376 e. The van der Waals surface area contributed by atoms with Gasteiger partial charge in [-0.1, -0.05) is 39.7 Å². The second-order valence-electron chi connectivity index (χ2n) is 5.14. The number of benzene rings is 2. The number of hydrogen-bond acceptors (Lipinski definition) is 1. The summed E-state index contributed by atoms with van der Waals surface area (Å²) < 4.78 is 14.8. The average molecular weight is 355 g/mol. The maximum Gasteiger partial charge on any atom is 0.146 e. The smallest absolute Gasteiger partial charge is 0.146 e. The predicted octanol–water partition coefficient (Wildman–Crippen LogP) is 5.80. The van der Waals surface area contributed by atoms with E-state index in [1.165, 1.54) is 18.9 Å². The SMILES string of the molecule is Fc1ccc(Br)cc1NC(c1ccc(Cl)cc1)C1CC1. The van der Waals surface area contributed by atoms with E-state index in [0.717, 1.165) is 15.1 Å². The Kier molecular flexibility index (Phi) is 3.99. The largest absolute Gasteiger partial charge is 0.376 e. The van der Waals surface area contributed by atoms with Crippen molar-refractivity contribution < 1.29 is 4.39 Å². The molecule has 0 saturated heterocycles. The van der Waals surface area contributed by atoms with E-state index in [4.69, 9.17) is 11.6 Å². The molecule has 1 nitrogen and oxygen atoms in total. The molecule has 0 spiro atoms. The average Bonchev–Trinajstić information content (AvgIpc) is 3.25. The lowest BCUT2D eigenvalue weighted by atomic mass is 10.0. The maximum atomic E-state index is 13.9. The van der Waals surface area contributed by atoms with Crippen molar-refractivity contribution in [2.75, 3.05) is 5.32 Å². The number of rotatable bonds is 4. The Bertz CT molecular complexity index is 610. The Morgan fingerprint density at radius 3 is 2.50 bits per heavy atom. The van der Waals surface area contributed by atoms with Gasteiger partial charge in [-0.15, -0.1) is 0 Å². The van der Waals surface area contributed by atoms with Crippen LogP contribution < -0.4 is 5.32 Å². The zero-order valence-corrected chi connectivity index (χ0v) is 13.1. The first-order chi connectivity index (χ1) is 9.63. The van der Waals surface area contributed by atoms with Crippen molar-refractivity contribution >= 4 is 33.2 Å². The van der Waals surface area contributed by atoms with Gasteiger partial charge in [-0.2, -0.15) is 0 Å². The molecule has 0 radical (unpaired) electrons. The van der Waals surface area contributed by atoms with E-state index in [1.807, 2.05) is 24.3 Å². The highest BCUT2D eigenvalue weighted by molar-refractivity contribution is 9.10. The molecule has 1 fully saturated rings. The van der Waals surface area contributed by atoms with Gasteiger partial charge in [-0.05, 0) is 54.7 Å². The second-order valence-corrected chi connectivity index (χ2v) is 6.49. The van der Waals surface area contributed by atoms with Crippen LogP contribution in [0.1, 0.15) is 24.4 Å². The van der Waals surface area contributed by atoms with Crippen LogP contribution in [0.3, 0.4) is 0 Å². The zero-order valence-electron chi connectivity index (χ0n) is 10.7. The fourth-order valence-corrected chi connectivity index (χ4v) is 2.84. The van der Waals surface area contributed by atoms with Crippen LogP contribution in [0, 0.1) is 11.7 Å². The minimum atomic E-state index is -0.229. The first-order valence-corrected chi connectivity index (χ1v) is 7.77. The van der Waals surface area contributed by atoms with Gasteiger partial charge in [0.2, 0.25) is 0 Å². The van der Waals surface area contributed by atoms with Crippen LogP contribution in [0.15, 0.2) is 46.9 Å². The van der Waals surface area contributed by atoms with E-state index >= 15 is 0 Å². The van der Waals surface area contributed by atoms with Crippen molar-refractivity contribution in [3.63, 3.8) is 0 Å². The first-order valence-electron chi connectivity index (χ1n) is 6.60. The van der Waals surface area contributed by atoms with Crippen molar-refractivity contribution in [3.05, 3.63) is 63.3 Å². The molecule has 20 heavy (non-hydrogen) atoms. The molecule has 1 aliphatic carbocycles. The normalized spacial score (nSPS) is 15.9. The van der Waals surface area contributed by atoms with Crippen LogP contribution in [0.2, 0.25) is 5.02 Å². The fourth-order valence-electron chi connectivity index (χ4n) is 2.35. The van der Waals surface area contributed by atoms with Crippen molar-refractivity contribution in [2.45, 2.75) is 18.9 Å². The summed E-state index contributed by atoms with van der Waals surface area (Å²) in [6, 6.07) is 12.9. The Balaban J connectivity index is 1.88. The van der Waals surface area contributed by atoms with Crippen molar-refractivity contribution in [2.24, 2.45) is 5.92 Å². The van der Waals surface area contributed by atoms with Crippen LogP contribution in [0.5, 0.6) is 0 Å². The van der Waals surface area contributed by atoms with E-state index in [0.29, 0.717) is 11.6 Å². The third-order valence-electron chi connectivity index (χ3n) is 3.56. The lowest BCUT2D eigenvalue weighted by Gasteiger charge is -2.21. The Hall–Kier alpha value is -1.06. The topological polar surface area (TPSA) is 12.0 Å². The molecule has 0 heterocycles. The predicted molar refractivity (Wildman–Crippen MR) is 84.6 cm³/mol.